The fraction of sp³-hybridized carbons (Fsp3) is 0.600. The predicted molar refractivity (Wildman–Crippen MR) is 79.7 cm³/mol. The van der Waals surface area contributed by atoms with E-state index >= 15 is 0 Å². The zero-order valence-electron chi connectivity index (χ0n) is 12.3. The zero-order valence-corrected chi connectivity index (χ0v) is 12.3. The van der Waals surface area contributed by atoms with Gasteiger partial charge in [0.15, 0.2) is 0 Å². The molecule has 0 amide bonds. The summed E-state index contributed by atoms with van der Waals surface area (Å²) in [5.74, 6) is 0.914. The van der Waals surface area contributed by atoms with Gasteiger partial charge in [-0.15, -0.1) is 0 Å². The quantitative estimate of drug-likeness (QED) is 0.686. The topological polar surface area (TPSA) is 12.5 Å². The molecule has 0 spiro atoms. The first kappa shape index (κ1) is 15.1. The Morgan fingerprint density at radius 3 is 2.28 bits per heavy atom. The SMILES string of the molecule is CCC(C)N([B]c1cccc(OC)c1)C(C)CC. The van der Waals surface area contributed by atoms with Crippen molar-refractivity contribution in [2.24, 2.45) is 0 Å². The molecule has 3 heteroatoms. The first-order valence-corrected chi connectivity index (χ1v) is 6.88. The Hall–Kier alpha value is -0.955. The molecular formula is C15H25BNO. The number of nitrogens with zero attached hydrogens (tertiary/aromatic N) is 1. The maximum Gasteiger partial charge on any atom is 0.248 e. The Balaban J connectivity index is 2.81. The summed E-state index contributed by atoms with van der Waals surface area (Å²) in [4.78, 5) is 2.45. The van der Waals surface area contributed by atoms with E-state index < -0.39 is 0 Å². The fourth-order valence-electron chi connectivity index (χ4n) is 2.00. The van der Waals surface area contributed by atoms with Crippen LogP contribution >= 0.6 is 0 Å². The van der Waals surface area contributed by atoms with Gasteiger partial charge in [-0.2, -0.15) is 0 Å². The molecule has 0 aliphatic heterocycles. The number of benzene rings is 1. The van der Waals surface area contributed by atoms with Crippen LogP contribution in [0.5, 0.6) is 5.75 Å². The van der Waals surface area contributed by atoms with Crippen molar-refractivity contribution >= 4 is 12.9 Å². The molecule has 2 unspecified atom stereocenters. The summed E-state index contributed by atoms with van der Waals surface area (Å²) in [7, 11) is 3.96. The van der Waals surface area contributed by atoms with Gasteiger partial charge >= 0.3 is 0 Å². The Morgan fingerprint density at radius 2 is 1.78 bits per heavy atom. The van der Waals surface area contributed by atoms with Crippen LogP contribution in [-0.4, -0.2) is 31.4 Å². The third-order valence-corrected chi connectivity index (χ3v) is 3.59. The van der Waals surface area contributed by atoms with Gasteiger partial charge in [-0.1, -0.05) is 45.3 Å². The Morgan fingerprint density at radius 1 is 1.17 bits per heavy atom. The average molecular weight is 246 g/mol. The molecule has 0 saturated carbocycles. The Bertz CT molecular complexity index is 346. The molecule has 0 N–H and O–H groups in total. The van der Waals surface area contributed by atoms with E-state index in [4.69, 9.17) is 4.74 Å². The van der Waals surface area contributed by atoms with Gasteiger partial charge in [0, 0.05) is 0 Å². The molecule has 0 fully saturated rings. The van der Waals surface area contributed by atoms with E-state index in [1.54, 1.807) is 7.11 Å². The fourth-order valence-corrected chi connectivity index (χ4v) is 2.00. The van der Waals surface area contributed by atoms with Gasteiger partial charge in [0.05, 0.1) is 7.11 Å². The number of rotatable bonds is 7. The lowest BCUT2D eigenvalue weighted by atomic mass is 9.77. The average Bonchev–Trinajstić information content (AvgIpc) is 2.43. The lowest BCUT2D eigenvalue weighted by molar-refractivity contribution is 0.271. The van der Waals surface area contributed by atoms with E-state index in [2.05, 4.69) is 52.1 Å². The van der Waals surface area contributed by atoms with E-state index in [0.717, 1.165) is 18.6 Å². The monoisotopic (exact) mass is 246 g/mol. The van der Waals surface area contributed by atoms with E-state index in [0.29, 0.717) is 12.1 Å². The van der Waals surface area contributed by atoms with Gasteiger partial charge < -0.3 is 9.55 Å². The van der Waals surface area contributed by atoms with Crippen LogP contribution < -0.4 is 10.2 Å². The largest absolute Gasteiger partial charge is 0.497 e. The molecule has 1 radical (unpaired) electrons. The van der Waals surface area contributed by atoms with Crippen molar-refractivity contribution in [2.45, 2.75) is 52.6 Å². The zero-order chi connectivity index (χ0) is 13.5. The first-order valence-electron chi connectivity index (χ1n) is 6.88. The molecule has 2 atom stereocenters. The molecule has 0 aromatic heterocycles. The van der Waals surface area contributed by atoms with Crippen LogP contribution in [0.4, 0.5) is 0 Å². The summed E-state index contributed by atoms with van der Waals surface area (Å²) in [5.41, 5.74) is 1.20. The summed E-state index contributed by atoms with van der Waals surface area (Å²) >= 11 is 0. The highest BCUT2D eigenvalue weighted by atomic mass is 16.5. The summed E-state index contributed by atoms with van der Waals surface area (Å²) in [6.45, 7) is 9.03. The molecule has 0 aliphatic carbocycles. The van der Waals surface area contributed by atoms with Crippen molar-refractivity contribution in [3.63, 3.8) is 0 Å². The lowest BCUT2D eigenvalue weighted by Gasteiger charge is -2.33. The molecule has 0 saturated heterocycles. The van der Waals surface area contributed by atoms with Crippen LogP contribution in [0.2, 0.25) is 0 Å². The first-order chi connectivity index (χ1) is 8.62. The van der Waals surface area contributed by atoms with Crippen molar-refractivity contribution in [3.8, 4) is 5.75 Å². The standard InChI is InChI=1S/C15H25BNO/c1-6-12(3)17(13(4)7-2)16-14-9-8-10-15(11-14)18-5/h8-13H,6-7H2,1-5H3. The molecule has 2 nitrogen and oxygen atoms in total. The minimum absolute atomic E-state index is 0.561. The second-order valence-corrected chi connectivity index (χ2v) is 4.87. The molecule has 0 aliphatic rings. The smallest absolute Gasteiger partial charge is 0.248 e. The highest BCUT2D eigenvalue weighted by Crippen LogP contribution is 2.11. The molecule has 18 heavy (non-hydrogen) atoms. The van der Waals surface area contributed by atoms with Crippen LogP contribution in [0.3, 0.4) is 0 Å². The highest BCUT2D eigenvalue weighted by molar-refractivity contribution is 6.50. The van der Waals surface area contributed by atoms with Crippen LogP contribution in [0, 0.1) is 0 Å². The van der Waals surface area contributed by atoms with Gasteiger partial charge in [-0.05, 0) is 37.1 Å². The van der Waals surface area contributed by atoms with Gasteiger partial charge in [0.25, 0.3) is 0 Å². The lowest BCUT2D eigenvalue weighted by Crippen LogP contribution is -2.46. The van der Waals surface area contributed by atoms with Gasteiger partial charge in [0.1, 0.15) is 5.75 Å². The number of hydrogen-bond donors (Lipinski definition) is 0. The normalized spacial score (nSPS) is 14.3. The van der Waals surface area contributed by atoms with Crippen LogP contribution in [0.25, 0.3) is 0 Å². The van der Waals surface area contributed by atoms with Crippen molar-refractivity contribution in [2.75, 3.05) is 7.11 Å². The minimum Gasteiger partial charge on any atom is -0.497 e. The highest BCUT2D eigenvalue weighted by Gasteiger charge is 2.19. The summed E-state index contributed by atoms with van der Waals surface area (Å²) in [6, 6.07) is 9.35. The summed E-state index contributed by atoms with van der Waals surface area (Å²) in [6.07, 6.45) is 2.32. The number of methoxy groups -OCH3 is 1. The summed E-state index contributed by atoms with van der Waals surface area (Å²) < 4.78 is 5.27. The molecule has 1 rings (SSSR count). The second-order valence-electron chi connectivity index (χ2n) is 4.87. The molecule has 1 aromatic carbocycles. The maximum absolute atomic E-state index is 5.27. The van der Waals surface area contributed by atoms with E-state index in [1.165, 1.54) is 5.46 Å². The predicted octanol–water partition coefficient (Wildman–Crippen LogP) is 2.84. The van der Waals surface area contributed by atoms with Crippen molar-refractivity contribution in [1.82, 2.24) is 4.81 Å². The van der Waals surface area contributed by atoms with E-state index in [9.17, 15) is 0 Å². The van der Waals surface area contributed by atoms with Gasteiger partial charge in [-0.3, -0.25) is 0 Å². The van der Waals surface area contributed by atoms with Crippen molar-refractivity contribution in [1.29, 1.82) is 0 Å². The van der Waals surface area contributed by atoms with E-state index in [1.807, 2.05) is 12.1 Å². The maximum atomic E-state index is 5.27. The van der Waals surface area contributed by atoms with Crippen LogP contribution in [0.15, 0.2) is 24.3 Å². The summed E-state index contributed by atoms with van der Waals surface area (Å²) in [5, 5.41) is 0. The van der Waals surface area contributed by atoms with Crippen molar-refractivity contribution in [3.05, 3.63) is 24.3 Å². The minimum atomic E-state index is 0.561. The Kier molecular flexibility index (Phi) is 6.27. The number of ether oxygens (including phenoxy) is 1. The van der Waals surface area contributed by atoms with Crippen LogP contribution in [0.1, 0.15) is 40.5 Å². The Labute approximate surface area is 113 Å². The second kappa shape index (κ2) is 7.47. The molecule has 1 aromatic rings. The molecule has 0 bridgehead atoms. The third-order valence-electron chi connectivity index (χ3n) is 3.59. The molecule has 99 valence electrons. The number of hydrogen-bond acceptors (Lipinski definition) is 2. The van der Waals surface area contributed by atoms with E-state index in [-0.39, 0.29) is 0 Å². The molecular weight excluding hydrogens is 221 g/mol. The van der Waals surface area contributed by atoms with Gasteiger partial charge in [0.2, 0.25) is 7.41 Å². The third kappa shape index (κ3) is 4.06. The van der Waals surface area contributed by atoms with Crippen LogP contribution in [-0.2, 0) is 0 Å². The molecule has 0 heterocycles. The van der Waals surface area contributed by atoms with Gasteiger partial charge in [-0.25, -0.2) is 0 Å². The van der Waals surface area contributed by atoms with Crippen molar-refractivity contribution < 1.29 is 4.74 Å².